The van der Waals surface area contributed by atoms with Crippen molar-refractivity contribution in [3.05, 3.63) is 53.6 Å². The van der Waals surface area contributed by atoms with Crippen molar-refractivity contribution in [2.24, 2.45) is 0 Å². The third-order valence-electron chi connectivity index (χ3n) is 10.2. The van der Waals surface area contributed by atoms with Gasteiger partial charge >= 0.3 is 63.3 Å². The Kier molecular flexibility index (Phi) is 38.1. The monoisotopic (exact) mass is 813 g/mol. The third kappa shape index (κ3) is 31.8. The van der Waals surface area contributed by atoms with Gasteiger partial charge in [-0.3, -0.25) is 0 Å². The Hall–Kier alpha value is -0.814. The molecule has 0 aromatic heterocycles. The normalized spacial score (nSPS) is 11.7. The first-order valence-corrected chi connectivity index (χ1v) is 23.4. The van der Waals surface area contributed by atoms with Gasteiger partial charge in [0.2, 0.25) is 0 Å². The molecule has 0 radical (unpaired) electrons. The molecule has 7 nitrogen and oxygen atoms in total. The number of hydrogen-bond donors (Lipinski definition) is 0. The average molecular weight is 813 g/mol. The number of carbonyl (C=O) groups excluding carboxylic acids is 2. The predicted molar refractivity (Wildman–Crippen MR) is 223 cm³/mol. The van der Waals surface area contributed by atoms with E-state index in [2.05, 4.69) is 38.2 Å². The number of hydrogen-bond acceptors (Lipinski definition) is 7. The molecular weight excluding hydrogens is 736 g/mol. The van der Waals surface area contributed by atoms with Crippen LogP contribution in [0, 0.1) is 0 Å². The second-order valence-electron chi connectivity index (χ2n) is 15.0. The van der Waals surface area contributed by atoms with Crippen LogP contribution in [0.1, 0.15) is 227 Å². The first-order valence-electron chi connectivity index (χ1n) is 22.0. The van der Waals surface area contributed by atoms with E-state index in [1.165, 1.54) is 154 Å². The van der Waals surface area contributed by atoms with Crippen LogP contribution in [0.2, 0.25) is 0 Å². The SMILES string of the molecule is C/C=C/CCCCCCCCCCCCCCCCOC(=O)c1ccc(S(=O)(=O)[O-])cc1C(=O)OCCCCCCCCCCCCCCCC/C=C/C.[K+]. The largest absolute Gasteiger partial charge is 1.00 e. The number of unbranched alkanes of at least 4 members (excludes halogenated alkanes) is 28. The summed E-state index contributed by atoms with van der Waals surface area (Å²) in [4.78, 5) is 25.2. The summed E-state index contributed by atoms with van der Waals surface area (Å²) in [5.74, 6) is -1.54. The summed E-state index contributed by atoms with van der Waals surface area (Å²) in [6.45, 7) is 4.54. The Morgan fingerprint density at radius 1 is 0.491 bits per heavy atom. The van der Waals surface area contributed by atoms with E-state index in [0.29, 0.717) is 12.8 Å². The van der Waals surface area contributed by atoms with Gasteiger partial charge in [0, 0.05) is 0 Å². The standard InChI is InChI=1S/C46H78O7S.K/c1-3-5-7-9-11-13-15-17-19-21-23-25-27-29-31-33-35-39-52-45(47)43-38-37-42(54(49,50)51)41-44(43)46(48)53-40-36-34-32-30-28-26-24-22-20-18-16-14-12-10-8-6-4-2;/h3-6,37-38,41H,7-36,39-40H2,1-2H3,(H,49,50,51);/q;+1/p-1/b5-3+,6-4+;. The summed E-state index contributed by atoms with van der Waals surface area (Å²) in [5, 5.41) is 0. The average Bonchev–Trinajstić information content (AvgIpc) is 3.16. The van der Waals surface area contributed by atoms with Crippen LogP contribution in [0.15, 0.2) is 47.4 Å². The molecule has 1 rings (SSSR count). The molecule has 9 heteroatoms. The number of carbonyl (C=O) groups is 2. The van der Waals surface area contributed by atoms with E-state index in [1.54, 1.807) is 0 Å². The zero-order chi connectivity index (χ0) is 39.4. The van der Waals surface area contributed by atoms with E-state index in [0.717, 1.165) is 44.2 Å². The van der Waals surface area contributed by atoms with Crippen molar-refractivity contribution in [2.75, 3.05) is 13.2 Å². The molecule has 0 spiro atoms. The van der Waals surface area contributed by atoms with E-state index >= 15 is 0 Å². The maximum absolute atomic E-state index is 12.9. The number of rotatable bonds is 37. The number of allylic oxidation sites excluding steroid dienone is 4. The van der Waals surface area contributed by atoms with E-state index in [9.17, 15) is 22.6 Å². The second kappa shape index (κ2) is 38.7. The fourth-order valence-electron chi connectivity index (χ4n) is 6.82. The Morgan fingerprint density at radius 3 is 1.09 bits per heavy atom. The number of ether oxygens (including phenoxy) is 2. The van der Waals surface area contributed by atoms with Gasteiger partial charge in [0.1, 0.15) is 10.1 Å². The van der Waals surface area contributed by atoms with Crippen molar-refractivity contribution in [3.63, 3.8) is 0 Å². The molecule has 0 atom stereocenters. The Balaban J connectivity index is 0.0000292. The quantitative estimate of drug-likeness (QED) is 0.0216. The van der Waals surface area contributed by atoms with Crippen LogP contribution in [0.3, 0.4) is 0 Å². The fraction of sp³-hybridized carbons (Fsp3) is 0.739. The summed E-state index contributed by atoms with van der Waals surface area (Å²) in [6.07, 6.45) is 45.2. The smallest absolute Gasteiger partial charge is 0.744 e. The van der Waals surface area contributed by atoms with Gasteiger partial charge in [-0.2, -0.15) is 0 Å². The minimum Gasteiger partial charge on any atom is -0.744 e. The maximum atomic E-state index is 12.9. The van der Waals surface area contributed by atoms with Crippen LogP contribution in [0.25, 0.3) is 0 Å². The van der Waals surface area contributed by atoms with Gasteiger partial charge in [-0.25, -0.2) is 18.0 Å². The molecule has 0 aliphatic rings. The van der Waals surface area contributed by atoms with Crippen LogP contribution in [0.4, 0.5) is 0 Å². The Bertz CT molecular complexity index is 1240. The van der Waals surface area contributed by atoms with Crippen LogP contribution in [-0.4, -0.2) is 38.1 Å². The van der Waals surface area contributed by atoms with Gasteiger partial charge in [-0.15, -0.1) is 0 Å². The molecular formula is C46H77KO7S. The van der Waals surface area contributed by atoms with Gasteiger partial charge in [-0.1, -0.05) is 178 Å². The molecule has 0 bridgehead atoms. The van der Waals surface area contributed by atoms with E-state index in [1.807, 2.05) is 0 Å². The van der Waals surface area contributed by atoms with E-state index < -0.39 is 27.0 Å². The van der Waals surface area contributed by atoms with Gasteiger partial charge in [0.15, 0.2) is 0 Å². The molecule has 0 amide bonds. The first kappa shape index (κ1) is 54.2. The molecule has 0 aliphatic carbocycles. The van der Waals surface area contributed by atoms with Crippen LogP contribution >= 0.6 is 0 Å². The van der Waals surface area contributed by atoms with E-state index in [4.69, 9.17) is 9.47 Å². The molecule has 0 N–H and O–H groups in total. The van der Waals surface area contributed by atoms with Crippen LogP contribution in [-0.2, 0) is 19.6 Å². The fourth-order valence-corrected chi connectivity index (χ4v) is 7.31. The molecule has 1 aromatic carbocycles. The molecule has 0 aliphatic heterocycles. The molecule has 0 unspecified atom stereocenters. The summed E-state index contributed by atoms with van der Waals surface area (Å²) >= 11 is 0. The maximum Gasteiger partial charge on any atom is 1.00 e. The zero-order valence-electron chi connectivity index (χ0n) is 35.4. The molecule has 0 fully saturated rings. The zero-order valence-corrected chi connectivity index (χ0v) is 39.4. The van der Waals surface area contributed by atoms with Crippen molar-refractivity contribution in [3.8, 4) is 0 Å². The van der Waals surface area contributed by atoms with E-state index in [-0.39, 0.29) is 75.7 Å². The topological polar surface area (TPSA) is 110 Å². The summed E-state index contributed by atoms with van der Waals surface area (Å²) in [5.41, 5.74) is -0.335. The molecule has 55 heavy (non-hydrogen) atoms. The van der Waals surface area contributed by atoms with Crippen molar-refractivity contribution in [2.45, 2.75) is 211 Å². The Morgan fingerprint density at radius 2 is 0.782 bits per heavy atom. The van der Waals surface area contributed by atoms with Crippen molar-refractivity contribution >= 4 is 22.1 Å². The molecule has 1 aromatic rings. The molecule has 310 valence electrons. The van der Waals surface area contributed by atoms with Crippen LogP contribution in [0.5, 0.6) is 0 Å². The molecule has 0 saturated heterocycles. The third-order valence-corrected chi connectivity index (χ3v) is 11.0. The summed E-state index contributed by atoms with van der Waals surface area (Å²) in [7, 11) is -4.81. The predicted octanol–water partition coefficient (Wildman–Crippen LogP) is 10.8. The first-order chi connectivity index (χ1) is 26.3. The second-order valence-corrected chi connectivity index (χ2v) is 16.4. The Labute approximate surface area is 380 Å². The van der Waals surface area contributed by atoms with Gasteiger partial charge in [0.25, 0.3) is 0 Å². The molecule has 0 saturated carbocycles. The minimum absolute atomic E-state index is 0. The number of esters is 2. The van der Waals surface area contributed by atoms with Gasteiger partial charge in [-0.05, 0) is 70.6 Å². The number of benzene rings is 1. The van der Waals surface area contributed by atoms with Crippen LogP contribution < -0.4 is 51.4 Å². The van der Waals surface area contributed by atoms with Crippen molar-refractivity contribution in [1.29, 1.82) is 0 Å². The minimum atomic E-state index is -4.81. The van der Waals surface area contributed by atoms with Gasteiger partial charge < -0.3 is 14.0 Å². The summed E-state index contributed by atoms with van der Waals surface area (Å²) < 4.78 is 45.8. The van der Waals surface area contributed by atoms with Crippen molar-refractivity contribution < 1.29 is 83.4 Å². The summed E-state index contributed by atoms with van der Waals surface area (Å²) in [6, 6.07) is 3.14. The molecule has 0 heterocycles. The van der Waals surface area contributed by atoms with Crippen molar-refractivity contribution in [1.82, 2.24) is 0 Å². The van der Waals surface area contributed by atoms with Gasteiger partial charge in [0.05, 0.1) is 29.2 Å².